The van der Waals surface area contributed by atoms with E-state index in [4.69, 9.17) is 0 Å². The normalized spacial score (nSPS) is 12.3. The smallest absolute Gasteiger partial charge is 0.242 e. The van der Waals surface area contributed by atoms with Gasteiger partial charge in [-0.05, 0) is 22.1 Å². The summed E-state index contributed by atoms with van der Waals surface area (Å²) in [5.74, 6) is 1.03. The lowest BCUT2D eigenvalue weighted by molar-refractivity contribution is -0.129. The predicted molar refractivity (Wildman–Crippen MR) is 118 cm³/mol. The van der Waals surface area contributed by atoms with Crippen molar-refractivity contribution in [1.82, 2.24) is 10.6 Å². The highest BCUT2D eigenvalue weighted by Gasteiger charge is 2.31. The topological polar surface area (TPSA) is 58.2 Å². The van der Waals surface area contributed by atoms with Gasteiger partial charge in [0.15, 0.2) is 0 Å². The molecule has 0 aliphatic rings. The Morgan fingerprint density at radius 2 is 1.61 bits per heavy atom. The first-order valence-corrected chi connectivity index (χ1v) is 10.5. The van der Waals surface area contributed by atoms with Crippen molar-refractivity contribution in [3.8, 4) is 11.1 Å². The fourth-order valence-electron chi connectivity index (χ4n) is 2.76. The molecule has 0 aliphatic carbocycles. The standard InChI is InChI=1S/C23H29N2O2S/c1-23(2,3)21(22(27)24-4)25-20(26)14-15-28-16-17-10-12-19(13-11-17)18-8-6-5-7-9-18/h5-14,21H,15-16H2,1-4H3,(H,24,27)(H,25,26)/t21-/m0/s1. The van der Waals surface area contributed by atoms with Crippen LogP contribution in [0.1, 0.15) is 26.3 Å². The van der Waals surface area contributed by atoms with Gasteiger partial charge < -0.3 is 10.6 Å². The van der Waals surface area contributed by atoms with Crippen LogP contribution in [0.25, 0.3) is 11.1 Å². The van der Waals surface area contributed by atoms with Crippen LogP contribution in [-0.4, -0.2) is 30.7 Å². The minimum absolute atomic E-state index is 0.180. The summed E-state index contributed by atoms with van der Waals surface area (Å²) in [6.07, 6.45) is 1.60. The van der Waals surface area contributed by atoms with Crippen LogP contribution >= 0.6 is 11.8 Å². The molecule has 0 bridgehead atoms. The SMILES string of the molecule is CNC(=O)[C@H](NC(=O)[CH]CSCc1ccc(-c2ccccc2)cc1)C(C)(C)C. The van der Waals surface area contributed by atoms with E-state index in [1.807, 2.05) is 39.0 Å². The van der Waals surface area contributed by atoms with E-state index in [0.717, 1.165) is 5.75 Å². The average Bonchev–Trinajstić information content (AvgIpc) is 2.69. The number of likely N-dealkylation sites (N-methyl/N-ethyl adjacent to an activating group) is 1. The molecule has 28 heavy (non-hydrogen) atoms. The Morgan fingerprint density at radius 1 is 1.00 bits per heavy atom. The molecular weight excluding hydrogens is 368 g/mol. The number of carbonyl (C=O) groups is 2. The Morgan fingerprint density at radius 3 is 2.18 bits per heavy atom. The first kappa shape index (κ1) is 22.0. The molecule has 2 aromatic carbocycles. The Balaban J connectivity index is 1.77. The minimum Gasteiger partial charge on any atom is -0.357 e. The Kier molecular flexibility index (Phi) is 8.12. The summed E-state index contributed by atoms with van der Waals surface area (Å²) in [4.78, 5) is 24.2. The van der Waals surface area contributed by atoms with E-state index >= 15 is 0 Å². The van der Waals surface area contributed by atoms with Crippen LogP contribution in [0, 0.1) is 11.8 Å². The van der Waals surface area contributed by atoms with Crippen molar-refractivity contribution in [1.29, 1.82) is 0 Å². The fourth-order valence-corrected chi connectivity index (χ4v) is 3.57. The summed E-state index contributed by atoms with van der Waals surface area (Å²) < 4.78 is 0. The van der Waals surface area contributed by atoms with Crippen molar-refractivity contribution < 1.29 is 9.59 Å². The second-order valence-corrected chi connectivity index (χ2v) is 8.73. The Hall–Kier alpha value is -2.27. The number of rotatable bonds is 8. The summed E-state index contributed by atoms with van der Waals surface area (Å²) in [6.45, 7) is 5.79. The average molecular weight is 398 g/mol. The zero-order chi connectivity index (χ0) is 20.6. The molecule has 5 heteroatoms. The van der Waals surface area contributed by atoms with E-state index in [-0.39, 0.29) is 17.2 Å². The zero-order valence-corrected chi connectivity index (χ0v) is 17.8. The number of amides is 2. The van der Waals surface area contributed by atoms with Crippen molar-refractivity contribution in [3.05, 3.63) is 66.6 Å². The van der Waals surface area contributed by atoms with Gasteiger partial charge in [0, 0.05) is 18.6 Å². The van der Waals surface area contributed by atoms with Gasteiger partial charge in [-0.25, -0.2) is 0 Å². The number of carbonyl (C=O) groups excluding carboxylic acids is 2. The summed E-state index contributed by atoms with van der Waals surface area (Å²) >= 11 is 1.67. The Bertz CT molecular complexity index is 767. The predicted octanol–water partition coefficient (Wildman–Crippen LogP) is 4.07. The molecule has 2 amide bonds. The summed E-state index contributed by atoms with van der Waals surface area (Å²) in [6, 6.07) is 18.2. The summed E-state index contributed by atoms with van der Waals surface area (Å²) in [7, 11) is 1.58. The molecule has 0 spiro atoms. The van der Waals surface area contributed by atoms with Crippen molar-refractivity contribution in [2.75, 3.05) is 12.8 Å². The third kappa shape index (κ3) is 6.71. The van der Waals surface area contributed by atoms with Crippen molar-refractivity contribution in [3.63, 3.8) is 0 Å². The van der Waals surface area contributed by atoms with Crippen LogP contribution < -0.4 is 10.6 Å². The molecular formula is C23H29N2O2S. The minimum atomic E-state index is -0.559. The summed E-state index contributed by atoms with van der Waals surface area (Å²) in [5, 5.41) is 5.42. The van der Waals surface area contributed by atoms with Crippen LogP contribution in [0.5, 0.6) is 0 Å². The second kappa shape index (κ2) is 10.3. The third-order valence-electron chi connectivity index (χ3n) is 4.38. The first-order chi connectivity index (χ1) is 13.3. The highest BCUT2D eigenvalue weighted by molar-refractivity contribution is 7.98. The lowest BCUT2D eigenvalue weighted by atomic mass is 9.86. The molecule has 0 saturated heterocycles. The highest BCUT2D eigenvalue weighted by Crippen LogP contribution is 2.22. The van der Waals surface area contributed by atoms with E-state index in [2.05, 4.69) is 47.0 Å². The maximum absolute atomic E-state index is 12.2. The lowest BCUT2D eigenvalue weighted by Crippen LogP contribution is -2.53. The molecule has 2 rings (SSSR count). The molecule has 0 unspecified atom stereocenters. The molecule has 2 N–H and O–H groups in total. The lowest BCUT2D eigenvalue weighted by Gasteiger charge is -2.29. The zero-order valence-electron chi connectivity index (χ0n) is 17.0. The van der Waals surface area contributed by atoms with Crippen molar-refractivity contribution in [2.45, 2.75) is 32.6 Å². The monoisotopic (exact) mass is 397 g/mol. The van der Waals surface area contributed by atoms with Crippen LogP contribution in [0.15, 0.2) is 54.6 Å². The van der Waals surface area contributed by atoms with E-state index in [0.29, 0.717) is 5.75 Å². The molecule has 0 fully saturated rings. The number of benzene rings is 2. The molecule has 0 saturated carbocycles. The van der Waals surface area contributed by atoms with Gasteiger partial charge in [-0.1, -0.05) is 75.4 Å². The quantitative estimate of drug-likeness (QED) is 0.660. The summed E-state index contributed by atoms with van der Waals surface area (Å²) in [5.41, 5.74) is 3.27. The van der Waals surface area contributed by atoms with E-state index in [9.17, 15) is 9.59 Å². The van der Waals surface area contributed by atoms with Gasteiger partial charge in [0.25, 0.3) is 0 Å². The van der Waals surface area contributed by atoms with Crippen LogP contribution in [0.2, 0.25) is 0 Å². The number of thioether (sulfide) groups is 1. The molecule has 0 heterocycles. The molecule has 1 radical (unpaired) electrons. The first-order valence-electron chi connectivity index (χ1n) is 9.38. The number of hydrogen-bond donors (Lipinski definition) is 2. The maximum atomic E-state index is 12.2. The molecule has 1 atom stereocenters. The third-order valence-corrected chi connectivity index (χ3v) is 5.32. The van der Waals surface area contributed by atoms with Gasteiger partial charge >= 0.3 is 0 Å². The van der Waals surface area contributed by atoms with E-state index in [1.165, 1.54) is 16.7 Å². The molecule has 4 nitrogen and oxygen atoms in total. The highest BCUT2D eigenvalue weighted by atomic mass is 32.2. The van der Waals surface area contributed by atoms with Gasteiger partial charge in [-0.3, -0.25) is 9.59 Å². The molecule has 149 valence electrons. The molecule has 0 aliphatic heterocycles. The van der Waals surface area contributed by atoms with Gasteiger partial charge in [0.2, 0.25) is 11.8 Å². The number of hydrogen-bond acceptors (Lipinski definition) is 3. The van der Waals surface area contributed by atoms with E-state index in [1.54, 1.807) is 25.2 Å². The largest absolute Gasteiger partial charge is 0.357 e. The van der Waals surface area contributed by atoms with Gasteiger partial charge in [-0.15, -0.1) is 0 Å². The van der Waals surface area contributed by atoms with Crippen LogP contribution in [0.3, 0.4) is 0 Å². The van der Waals surface area contributed by atoms with Gasteiger partial charge in [-0.2, -0.15) is 11.8 Å². The number of nitrogens with one attached hydrogen (secondary N) is 2. The van der Waals surface area contributed by atoms with Gasteiger partial charge in [0.05, 0.1) is 6.42 Å². The molecule has 0 aromatic heterocycles. The van der Waals surface area contributed by atoms with Crippen LogP contribution in [0.4, 0.5) is 0 Å². The second-order valence-electron chi connectivity index (χ2n) is 7.70. The van der Waals surface area contributed by atoms with Crippen molar-refractivity contribution >= 4 is 23.6 Å². The van der Waals surface area contributed by atoms with Crippen molar-refractivity contribution in [2.24, 2.45) is 5.41 Å². The van der Waals surface area contributed by atoms with Gasteiger partial charge in [0.1, 0.15) is 6.04 Å². The fraction of sp³-hybridized carbons (Fsp3) is 0.348. The Labute approximate surface area is 172 Å². The van der Waals surface area contributed by atoms with Crippen LogP contribution in [-0.2, 0) is 15.3 Å². The van der Waals surface area contributed by atoms with E-state index < -0.39 is 6.04 Å². The maximum Gasteiger partial charge on any atom is 0.242 e. The molecule has 2 aromatic rings.